The van der Waals surface area contributed by atoms with Crippen LogP contribution in [0.5, 0.6) is 5.75 Å². The maximum absolute atomic E-state index is 5.86. The number of methoxy groups -OCH3 is 1. The molecule has 0 saturated heterocycles. The molecule has 1 aromatic rings. The van der Waals surface area contributed by atoms with E-state index in [2.05, 4.69) is 19.1 Å². The average molecular weight is 221 g/mol. The Hall–Kier alpha value is -1.02. The number of nitrogens with two attached hydrogens (primary N) is 1. The fraction of sp³-hybridized carbons (Fsp3) is 0.571. The molecule has 2 N–H and O–H groups in total. The lowest BCUT2D eigenvalue weighted by Gasteiger charge is -2.17. The van der Waals surface area contributed by atoms with Gasteiger partial charge >= 0.3 is 0 Å². The zero-order valence-electron chi connectivity index (χ0n) is 10.4. The van der Waals surface area contributed by atoms with E-state index in [1.54, 1.807) is 7.11 Å². The van der Waals surface area contributed by atoms with Crippen molar-refractivity contribution in [1.82, 2.24) is 0 Å². The van der Waals surface area contributed by atoms with Gasteiger partial charge in [0.2, 0.25) is 0 Å². The Balaban J connectivity index is 2.69. The van der Waals surface area contributed by atoms with E-state index < -0.39 is 0 Å². The van der Waals surface area contributed by atoms with Gasteiger partial charge in [0.15, 0.2) is 0 Å². The van der Waals surface area contributed by atoms with Gasteiger partial charge in [-0.3, -0.25) is 0 Å². The molecule has 1 aromatic carbocycles. The maximum Gasteiger partial charge on any atom is 0.122 e. The normalized spacial score (nSPS) is 12.4. The fourth-order valence-electron chi connectivity index (χ4n) is 2.04. The van der Waals surface area contributed by atoms with Crippen molar-refractivity contribution in [3.05, 3.63) is 29.8 Å². The molecule has 1 rings (SSSR count). The van der Waals surface area contributed by atoms with Crippen molar-refractivity contribution in [1.29, 1.82) is 0 Å². The smallest absolute Gasteiger partial charge is 0.122 e. The predicted molar refractivity (Wildman–Crippen MR) is 68.9 cm³/mol. The molecule has 0 fully saturated rings. The Morgan fingerprint density at radius 1 is 1.25 bits per heavy atom. The summed E-state index contributed by atoms with van der Waals surface area (Å²) in [6.45, 7) is 2.92. The van der Waals surface area contributed by atoms with E-state index in [1.807, 2.05) is 12.1 Å². The largest absolute Gasteiger partial charge is 0.496 e. The molecule has 0 amide bonds. The predicted octanol–water partition coefficient (Wildman–Crippen LogP) is 3.32. The van der Waals surface area contributed by atoms with Crippen LogP contribution in [0.25, 0.3) is 0 Å². The Labute approximate surface area is 98.8 Å². The summed E-state index contributed by atoms with van der Waals surface area (Å²) in [5.74, 6) is 1.40. The molecule has 0 bridgehead atoms. The summed E-state index contributed by atoms with van der Waals surface area (Å²) >= 11 is 0. The van der Waals surface area contributed by atoms with E-state index in [1.165, 1.54) is 24.8 Å². The molecule has 0 heterocycles. The van der Waals surface area contributed by atoms with Gasteiger partial charge in [-0.2, -0.15) is 0 Å². The van der Waals surface area contributed by atoms with Crippen molar-refractivity contribution < 1.29 is 4.74 Å². The Morgan fingerprint density at radius 3 is 2.62 bits per heavy atom. The summed E-state index contributed by atoms with van der Waals surface area (Å²) < 4.78 is 5.38. The van der Waals surface area contributed by atoms with Crippen LogP contribution in [0.2, 0.25) is 0 Å². The lowest BCUT2D eigenvalue weighted by Crippen LogP contribution is -2.13. The van der Waals surface area contributed by atoms with Gasteiger partial charge in [0.05, 0.1) is 7.11 Å². The average Bonchev–Trinajstić information content (AvgIpc) is 2.35. The molecule has 0 saturated carbocycles. The molecule has 0 aliphatic heterocycles. The lowest BCUT2D eigenvalue weighted by molar-refractivity contribution is 0.403. The standard InChI is InChI=1S/C14H23NO/c1-3-4-5-8-12(11-15)13-9-6-7-10-14(13)16-2/h6-7,9-10,12H,3-5,8,11,15H2,1-2H3. The number of hydrogen-bond acceptors (Lipinski definition) is 2. The molecule has 0 spiro atoms. The molecule has 2 nitrogen and oxygen atoms in total. The first kappa shape index (κ1) is 13.0. The number of ether oxygens (including phenoxy) is 1. The molecule has 1 unspecified atom stereocenters. The monoisotopic (exact) mass is 221 g/mol. The Bertz CT molecular complexity index is 299. The van der Waals surface area contributed by atoms with E-state index >= 15 is 0 Å². The van der Waals surface area contributed by atoms with E-state index in [9.17, 15) is 0 Å². The quantitative estimate of drug-likeness (QED) is 0.717. The van der Waals surface area contributed by atoms with Gasteiger partial charge in [-0.25, -0.2) is 0 Å². The summed E-state index contributed by atoms with van der Waals surface area (Å²) in [5, 5.41) is 0. The van der Waals surface area contributed by atoms with Crippen LogP contribution in [0.3, 0.4) is 0 Å². The van der Waals surface area contributed by atoms with Gasteiger partial charge in [0.1, 0.15) is 5.75 Å². The summed E-state index contributed by atoms with van der Waals surface area (Å²) in [6, 6.07) is 8.20. The van der Waals surface area contributed by atoms with Crippen LogP contribution in [0.1, 0.15) is 44.1 Å². The molecular weight excluding hydrogens is 198 g/mol. The minimum absolute atomic E-state index is 0.433. The molecule has 16 heavy (non-hydrogen) atoms. The fourth-order valence-corrected chi connectivity index (χ4v) is 2.04. The summed E-state index contributed by atoms with van der Waals surface area (Å²) in [6.07, 6.45) is 4.94. The number of hydrogen-bond donors (Lipinski definition) is 1. The van der Waals surface area contributed by atoms with Crippen molar-refractivity contribution in [3.63, 3.8) is 0 Å². The van der Waals surface area contributed by atoms with Crippen molar-refractivity contribution in [3.8, 4) is 5.75 Å². The van der Waals surface area contributed by atoms with E-state index in [-0.39, 0.29) is 0 Å². The minimum atomic E-state index is 0.433. The lowest BCUT2D eigenvalue weighted by atomic mass is 9.92. The Morgan fingerprint density at radius 2 is 2.00 bits per heavy atom. The number of para-hydroxylation sites is 1. The van der Waals surface area contributed by atoms with Gasteiger partial charge in [0, 0.05) is 0 Å². The minimum Gasteiger partial charge on any atom is -0.496 e. The highest BCUT2D eigenvalue weighted by Crippen LogP contribution is 2.29. The molecule has 0 radical (unpaired) electrons. The van der Waals surface area contributed by atoms with Crippen LogP contribution in [0.15, 0.2) is 24.3 Å². The van der Waals surface area contributed by atoms with E-state index in [0.717, 1.165) is 12.2 Å². The van der Waals surface area contributed by atoms with Crippen LogP contribution in [-0.4, -0.2) is 13.7 Å². The molecule has 2 heteroatoms. The topological polar surface area (TPSA) is 35.2 Å². The summed E-state index contributed by atoms with van der Waals surface area (Å²) in [4.78, 5) is 0. The third-order valence-electron chi connectivity index (χ3n) is 3.02. The van der Waals surface area contributed by atoms with Crippen LogP contribution in [0, 0.1) is 0 Å². The van der Waals surface area contributed by atoms with Crippen molar-refractivity contribution in [2.45, 2.75) is 38.5 Å². The highest BCUT2D eigenvalue weighted by Gasteiger charge is 2.13. The summed E-state index contributed by atoms with van der Waals surface area (Å²) in [5.41, 5.74) is 7.11. The maximum atomic E-state index is 5.86. The van der Waals surface area contributed by atoms with Crippen molar-refractivity contribution in [2.24, 2.45) is 5.73 Å². The molecule has 0 aliphatic carbocycles. The van der Waals surface area contributed by atoms with Crippen LogP contribution >= 0.6 is 0 Å². The van der Waals surface area contributed by atoms with Crippen LogP contribution in [0.4, 0.5) is 0 Å². The summed E-state index contributed by atoms with van der Waals surface area (Å²) in [7, 11) is 1.72. The van der Waals surface area contributed by atoms with Gasteiger partial charge in [0.25, 0.3) is 0 Å². The highest BCUT2D eigenvalue weighted by atomic mass is 16.5. The Kier molecular flexibility index (Phi) is 5.94. The van der Waals surface area contributed by atoms with E-state index in [0.29, 0.717) is 12.5 Å². The second-order valence-electron chi connectivity index (χ2n) is 4.17. The van der Waals surface area contributed by atoms with Crippen molar-refractivity contribution in [2.75, 3.05) is 13.7 Å². The zero-order valence-corrected chi connectivity index (χ0v) is 10.4. The SMILES string of the molecule is CCCCCC(CN)c1ccccc1OC. The van der Waals surface area contributed by atoms with Crippen LogP contribution in [-0.2, 0) is 0 Å². The first-order chi connectivity index (χ1) is 7.83. The molecule has 90 valence electrons. The second-order valence-corrected chi connectivity index (χ2v) is 4.17. The molecule has 1 atom stereocenters. The van der Waals surface area contributed by atoms with Gasteiger partial charge in [-0.05, 0) is 30.5 Å². The second kappa shape index (κ2) is 7.29. The molecule has 0 aromatic heterocycles. The highest BCUT2D eigenvalue weighted by molar-refractivity contribution is 5.36. The number of rotatable bonds is 7. The van der Waals surface area contributed by atoms with Crippen molar-refractivity contribution >= 4 is 0 Å². The molecular formula is C14H23NO. The number of unbranched alkanes of at least 4 members (excludes halogenated alkanes) is 2. The first-order valence-electron chi connectivity index (χ1n) is 6.16. The third kappa shape index (κ3) is 3.53. The first-order valence-corrected chi connectivity index (χ1v) is 6.16. The van der Waals surface area contributed by atoms with E-state index in [4.69, 9.17) is 10.5 Å². The van der Waals surface area contributed by atoms with Gasteiger partial charge in [-0.15, -0.1) is 0 Å². The van der Waals surface area contributed by atoms with Crippen LogP contribution < -0.4 is 10.5 Å². The van der Waals surface area contributed by atoms with Gasteiger partial charge < -0.3 is 10.5 Å². The zero-order chi connectivity index (χ0) is 11.8. The van der Waals surface area contributed by atoms with Gasteiger partial charge in [-0.1, -0.05) is 44.4 Å². The molecule has 0 aliphatic rings. The third-order valence-corrected chi connectivity index (χ3v) is 3.02. The number of benzene rings is 1.